The van der Waals surface area contributed by atoms with Crippen LogP contribution in [-0.4, -0.2) is 16.8 Å². The summed E-state index contributed by atoms with van der Waals surface area (Å²) in [5.41, 5.74) is 1.23. The molecule has 0 amide bonds. The van der Waals surface area contributed by atoms with E-state index in [4.69, 9.17) is 0 Å². The maximum absolute atomic E-state index is 10.8. The molecule has 76 valence electrons. The first kappa shape index (κ1) is 11.3. The molecule has 0 aromatic heterocycles. The van der Waals surface area contributed by atoms with Crippen molar-refractivity contribution in [3.63, 3.8) is 0 Å². The second kappa shape index (κ2) is 5.86. The van der Waals surface area contributed by atoms with E-state index in [0.29, 0.717) is 5.25 Å². The van der Waals surface area contributed by atoms with Crippen LogP contribution in [0.5, 0.6) is 0 Å². The van der Waals surface area contributed by atoms with Gasteiger partial charge in [0.2, 0.25) is 0 Å². The Kier molecular flexibility index (Phi) is 4.74. The molecule has 14 heavy (non-hydrogen) atoms. The Morgan fingerprint density at radius 1 is 1.29 bits per heavy atom. The van der Waals surface area contributed by atoms with Crippen LogP contribution in [0.3, 0.4) is 0 Å². The smallest absolute Gasteiger partial charge is 0.133 e. The SMILES string of the molecule is CC(C)S[C@@H](C=O)Cc1ccccc1. The summed E-state index contributed by atoms with van der Waals surface area (Å²) >= 11 is 1.73. The number of rotatable bonds is 5. The number of carbonyl (C=O) groups excluding carboxylic acids is 1. The number of aldehydes is 1. The molecule has 0 heterocycles. The summed E-state index contributed by atoms with van der Waals surface area (Å²) in [7, 11) is 0. The van der Waals surface area contributed by atoms with Gasteiger partial charge in [-0.2, -0.15) is 0 Å². The Hall–Kier alpha value is -0.760. The molecule has 1 aromatic carbocycles. The molecule has 1 rings (SSSR count). The van der Waals surface area contributed by atoms with Crippen LogP contribution in [-0.2, 0) is 11.2 Å². The molecule has 0 N–H and O–H groups in total. The number of hydrogen-bond donors (Lipinski definition) is 0. The summed E-state index contributed by atoms with van der Waals surface area (Å²) in [6.45, 7) is 4.23. The van der Waals surface area contributed by atoms with Crippen molar-refractivity contribution in [1.82, 2.24) is 0 Å². The van der Waals surface area contributed by atoms with E-state index in [9.17, 15) is 4.79 Å². The van der Waals surface area contributed by atoms with E-state index in [-0.39, 0.29) is 5.25 Å². The van der Waals surface area contributed by atoms with Crippen LogP contribution in [0.2, 0.25) is 0 Å². The number of benzene rings is 1. The predicted octanol–water partition coefficient (Wildman–Crippen LogP) is 2.94. The number of thioether (sulfide) groups is 1. The van der Waals surface area contributed by atoms with Gasteiger partial charge in [-0.05, 0) is 17.2 Å². The highest BCUT2D eigenvalue weighted by Gasteiger charge is 2.10. The van der Waals surface area contributed by atoms with Crippen molar-refractivity contribution < 1.29 is 4.79 Å². The largest absolute Gasteiger partial charge is 0.302 e. The Morgan fingerprint density at radius 2 is 1.93 bits per heavy atom. The molecule has 0 aliphatic carbocycles. The molecule has 0 radical (unpaired) electrons. The highest BCUT2D eigenvalue weighted by atomic mass is 32.2. The number of carbonyl (C=O) groups is 1. The second-order valence-electron chi connectivity index (χ2n) is 3.55. The van der Waals surface area contributed by atoms with Crippen molar-refractivity contribution in [2.24, 2.45) is 0 Å². The zero-order chi connectivity index (χ0) is 10.4. The third-order valence-corrected chi connectivity index (χ3v) is 3.05. The molecule has 0 aliphatic heterocycles. The average molecular weight is 208 g/mol. The van der Waals surface area contributed by atoms with Crippen molar-refractivity contribution in [2.75, 3.05) is 0 Å². The van der Waals surface area contributed by atoms with Gasteiger partial charge in [0.1, 0.15) is 6.29 Å². The molecule has 0 saturated carbocycles. The second-order valence-corrected chi connectivity index (χ2v) is 5.37. The minimum absolute atomic E-state index is 0.0948. The summed E-state index contributed by atoms with van der Waals surface area (Å²) in [4.78, 5) is 10.8. The van der Waals surface area contributed by atoms with E-state index in [1.165, 1.54) is 5.56 Å². The van der Waals surface area contributed by atoms with Gasteiger partial charge in [0.05, 0.1) is 5.25 Å². The van der Waals surface area contributed by atoms with Crippen LogP contribution in [0.1, 0.15) is 19.4 Å². The van der Waals surface area contributed by atoms with Crippen LogP contribution in [0, 0.1) is 0 Å². The van der Waals surface area contributed by atoms with Crippen LogP contribution in [0.4, 0.5) is 0 Å². The summed E-state index contributed by atoms with van der Waals surface area (Å²) in [6.07, 6.45) is 1.89. The molecular formula is C12H16OS. The fourth-order valence-electron chi connectivity index (χ4n) is 1.32. The van der Waals surface area contributed by atoms with Gasteiger partial charge < -0.3 is 4.79 Å². The molecule has 1 nitrogen and oxygen atoms in total. The van der Waals surface area contributed by atoms with Gasteiger partial charge in [-0.3, -0.25) is 0 Å². The van der Waals surface area contributed by atoms with E-state index in [1.54, 1.807) is 11.8 Å². The van der Waals surface area contributed by atoms with Gasteiger partial charge in [0.15, 0.2) is 0 Å². The number of hydrogen-bond acceptors (Lipinski definition) is 2. The Morgan fingerprint density at radius 3 is 2.43 bits per heavy atom. The van der Waals surface area contributed by atoms with Crippen LogP contribution in [0.15, 0.2) is 30.3 Å². The lowest BCUT2D eigenvalue weighted by molar-refractivity contribution is -0.107. The predicted molar refractivity (Wildman–Crippen MR) is 62.7 cm³/mol. The van der Waals surface area contributed by atoms with Crippen molar-refractivity contribution in [2.45, 2.75) is 30.8 Å². The van der Waals surface area contributed by atoms with E-state index < -0.39 is 0 Å². The normalized spacial score (nSPS) is 12.8. The maximum Gasteiger partial charge on any atom is 0.133 e. The summed E-state index contributed by atoms with van der Waals surface area (Å²) < 4.78 is 0. The zero-order valence-electron chi connectivity index (χ0n) is 8.64. The first-order valence-electron chi connectivity index (χ1n) is 4.87. The van der Waals surface area contributed by atoms with E-state index in [2.05, 4.69) is 26.0 Å². The lowest BCUT2D eigenvalue weighted by Gasteiger charge is -2.12. The Balaban J connectivity index is 2.53. The van der Waals surface area contributed by atoms with Gasteiger partial charge in [0, 0.05) is 0 Å². The van der Waals surface area contributed by atoms with Crippen LogP contribution in [0.25, 0.3) is 0 Å². The van der Waals surface area contributed by atoms with Gasteiger partial charge in [-0.25, -0.2) is 0 Å². The third-order valence-electron chi connectivity index (χ3n) is 1.88. The third kappa shape index (κ3) is 3.97. The summed E-state index contributed by atoms with van der Waals surface area (Å²) in [5.74, 6) is 0. The van der Waals surface area contributed by atoms with Gasteiger partial charge >= 0.3 is 0 Å². The van der Waals surface area contributed by atoms with Crippen molar-refractivity contribution in [3.8, 4) is 0 Å². The van der Waals surface area contributed by atoms with Crippen LogP contribution >= 0.6 is 11.8 Å². The molecule has 2 heteroatoms. The van der Waals surface area contributed by atoms with Crippen LogP contribution < -0.4 is 0 Å². The maximum atomic E-state index is 10.8. The first-order chi connectivity index (χ1) is 6.72. The van der Waals surface area contributed by atoms with E-state index >= 15 is 0 Å². The van der Waals surface area contributed by atoms with E-state index in [0.717, 1.165) is 12.7 Å². The summed E-state index contributed by atoms with van der Waals surface area (Å²) in [6, 6.07) is 10.2. The van der Waals surface area contributed by atoms with Crippen molar-refractivity contribution in [3.05, 3.63) is 35.9 Å². The molecule has 0 saturated heterocycles. The molecule has 1 atom stereocenters. The minimum atomic E-state index is 0.0948. The van der Waals surface area contributed by atoms with Gasteiger partial charge in [0.25, 0.3) is 0 Å². The fourth-order valence-corrected chi connectivity index (χ4v) is 2.38. The molecule has 0 spiro atoms. The van der Waals surface area contributed by atoms with Gasteiger partial charge in [-0.1, -0.05) is 44.2 Å². The van der Waals surface area contributed by atoms with Gasteiger partial charge in [-0.15, -0.1) is 11.8 Å². The average Bonchev–Trinajstić information content (AvgIpc) is 2.17. The molecule has 0 bridgehead atoms. The zero-order valence-corrected chi connectivity index (χ0v) is 9.46. The van der Waals surface area contributed by atoms with E-state index in [1.807, 2.05) is 18.2 Å². The minimum Gasteiger partial charge on any atom is -0.302 e. The first-order valence-corrected chi connectivity index (χ1v) is 5.81. The Labute approximate surface area is 89.9 Å². The topological polar surface area (TPSA) is 17.1 Å². The molecule has 0 fully saturated rings. The lowest BCUT2D eigenvalue weighted by atomic mass is 10.1. The quantitative estimate of drug-likeness (QED) is 0.692. The highest BCUT2D eigenvalue weighted by Crippen LogP contribution is 2.19. The standard InChI is InChI=1S/C12H16OS/c1-10(2)14-12(9-13)8-11-6-4-3-5-7-11/h3-7,9-10,12H,8H2,1-2H3/t12-/m1/s1. The highest BCUT2D eigenvalue weighted by molar-refractivity contribution is 8.01. The van der Waals surface area contributed by atoms with Crippen molar-refractivity contribution >= 4 is 18.0 Å². The lowest BCUT2D eigenvalue weighted by Crippen LogP contribution is -2.11. The Bertz CT molecular complexity index is 269. The molecule has 0 aliphatic rings. The molecular weight excluding hydrogens is 192 g/mol. The fraction of sp³-hybridized carbons (Fsp3) is 0.417. The summed E-state index contributed by atoms with van der Waals surface area (Å²) in [5, 5.41) is 0.603. The molecule has 1 aromatic rings. The monoisotopic (exact) mass is 208 g/mol. The molecule has 0 unspecified atom stereocenters. The van der Waals surface area contributed by atoms with Crippen molar-refractivity contribution in [1.29, 1.82) is 0 Å².